The standard InChI is InChI=1S/C6H6F3N/c1-3(7)5(9)6(10)4(2)8/h1-2,10H2/b6-5-. The molecule has 10 heavy (non-hydrogen) atoms. The molecule has 0 bridgehead atoms. The summed E-state index contributed by atoms with van der Waals surface area (Å²) in [6.45, 7) is 5.23. The van der Waals surface area contributed by atoms with Gasteiger partial charge in [-0.05, 0) is 0 Å². The Bertz CT molecular complexity index is 183. The molecule has 0 aromatic heterocycles. The first-order valence-electron chi connectivity index (χ1n) is 2.31. The summed E-state index contributed by atoms with van der Waals surface area (Å²) < 4.78 is 35.8. The van der Waals surface area contributed by atoms with E-state index in [2.05, 4.69) is 13.2 Å². The highest BCUT2D eigenvalue weighted by molar-refractivity contribution is 5.30. The summed E-state index contributed by atoms with van der Waals surface area (Å²) in [7, 11) is 0. The van der Waals surface area contributed by atoms with Gasteiger partial charge in [-0.25, -0.2) is 13.2 Å². The van der Waals surface area contributed by atoms with Crippen LogP contribution in [0.4, 0.5) is 13.2 Å². The third-order valence-electron chi connectivity index (χ3n) is 0.767. The minimum Gasteiger partial charge on any atom is -0.394 e. The highest BCUT2D eigenvalue weighted by atomic mass is 19.2. The van der Waals surface area contributed by atoms with Crippen LogP contribution in [-0.2, 0) is 0 Å². The number of hydrogen-bond acceptors (Lipinski definition) is 1. The summed E-state index contributed by atoms with van der Waals surface area (Å²) in [6, 6.07) is 0. The fourth-order valence-corrected chi connectivity index (χ4v) is 0.265. The van der Waals surface area contributed by atoms with Crippen molar-refractivity contribution < 1.29 is 13.2 Å². The van der Waals surface area contributed by atoms with E-state index in [1.54, 1.807) is 0 Å². The van der Waals surface area contributed by atoms with E-state index < -0.39 is 23.2 Å². The molecule has 4 heteroatoms. The number of rotatable bonds is 2. The summed E-state index contributed by atoms with van der Waals surface area (Å²) in [5.41, 5.74) is 3.74. The van der Waals surface area contributed by atoms with Crippen molar-refractivity contribution in [1.82, 2.24) is 0 Å². The van der Waals surface area contributed by atoms with Gasteiger partial charge in [-0.15, -0.1) is 0 Å². The minimum absolute atomic E-state index is 0.951. The van der Waals surface area contributed by atoms with Gasteiger partial charge in [0.15, 0.2) is 11.7 Å². The van der Waals surface area contributed by atoms with Crippen molar-refractivity contribution in [3.63, 3.8) is 0 Å². The van der Waals surface area contributed by atoms with Gasteiger partial charge in [0.05, 0.1) is 0 Å². The highest BCUT2D eigenvalue weighted by Gasteiger charge is 2.08. The zero-order valence-corrected chi connectivity index (χ0v) is 5.13. The molecule has 0 aliphatic heterocycles. The van der Waals surface area contributed by atoms with E-state index >= 15 is 0 Å². The topological polar surface area (TPSA) is 26.0 Å². The number of halogens is 3. The molecule has 0 atom stereocenters. The van der Waals surface area contributed by atoms with Gasteiger partial charge in [-0.1, -0.05) is 13.2 Å². The van der Waals surface area contributed by atoms with Crippen LogP contribution in [0.3, 0.4) is 0 Å². The highest BCUT2D eigenvalue weighted by Crippen LogP contribution is 2.17. The SMILES string of the molecule is C=C(F)/C(N)=C(/F)C(=C)F. The summed E-state index contributed by atoms with van der Waals surface area (Å²) in [5, 5.41) is 0. The van der Waals surface area contributed by atoms with Crippen LogP contribution in [0.15, 0.2) is 36.3 Å². The Morgan fingerprint density at radius 1 is 1.00 bits per heavy atom. The molecule has 0 heterocycles. The molecule has 0 aliphatic rings. The van der Waals surface area contributed by atoms with Gasteiger partial charge in [-0.2, -0.15) is 0 Å². The van der Waals surface area contributed by atoms with E-state index in [1.807, 2.05) is 0 Å². The Balaban J connectivity index is 4.67. The molecule has 56 valence electrons. The van der Waals surface area contributed by atoms with Crippen LogP contribution in [-0.4, -0.2) is 0 Å². The van der Waals surface area contributed by atoms with E-state index in [9.17, 15) is 13.2 Å². The lowest BCUT2D eigenvalue weighted by atomic mass is 10.3. The molecule has 0 unspecified atom stereocenters. The van der Waals surface area contributed by atoms with Crippen LogP contribution in [0.2, 0.25) is 0 Å². The maximum Gasteiger partial charge on any atom is 0.184 e. The Morgan fingerprint density at radius 2 is 1.40 bits per heavy atom. The third-order valence-corrected chi connectivity index (χ3v) is 0.767. The monoisotopic (exact) mass is 149 g/mol. The Morgan fingerprint density at radius 3 is 1.50 bits per heavy atom. The summed E-state index contributed by atoms with van der Waals surface area (Å²) in [4.78, 5) is 0. The van der Waals surface area contributed by atoms with Gasteiger partial charge in [0.2, 0.25) is 0 Å². The third kappa shape index (κ3) is 1.97. The van der Waals surface area contributed by atoms with Gasteiger partial charge in [-0.3, -0.25) is 0 Å². The molecule has 0 aromatic rings. The van der Waals surface area contributed by atoms with Crippen LogP contribution in [0.5, 0.6) is 0 Å². The molecule has 0 fully saturated rings. The van der Waals surface area contributed by atoms with Crippen molar-refractivity contribution in [3.05, 3.63) is 36.3 Å². The first-order chi connectivity index (χ1) is 4.46. The van der Waals surface area contributed by atoms with Gasteiger partial charge in [0.25, 0.3) is 0 Å². The first kappa shape index (κ1) is 8.81. The molecule has 1 nitrogen and oxygen atoms in total. The predicted molar refractivity (Wildman–Crippen MR) is 32.8 cm³/mol. The summed E-state index contributed by atoms with van der Waals surface area (Å²) in [6.07, 6.45) is 0. The Hall–Kier alpha value is -1.19. The van der Waals surface area contributed by atoms with Gasteiger partial charge >= 0.3 is 0 Å². The van der Waals surface area contributed by atoms with Gasteiger partial charge in [0, 0.05) is 0 Å². The molecule has 2 N–H and O–H groups in total. The van der Waals surface area contributed by atoms with Crippen LogP contribution >= 0.6 is 0 Å². The first-order valence-corrected chi connectivity index (χ1v) is 2.31. The van der Waals surface area contributed by atoms with Crippen LogP contribution < -0.4 is 5.73 Å². The Labute approximate surface area is 56.3 Å². The lowest BCUT2D eigenvalue weighted by Gasteiger charge is -1.96. The molecular formula is C6H6F3N. The predicted octanol–water partition coefficient (Wildman–Crippen LogP) is 2.09. The molecule has 0 spiro atoms. The van der Waals surface area contributed by atoms with E-state index in [0.717, 1.165) is 0 Å². The van der Waals surface area contributed by atoms with E-state index in [0.29, 0.717) is 0 Å². The average Bonchev–Trinajstić information content (AvgIpc) is 1.84. The van der Waals surface area contributed by atoms with E-state index in [-0.39, 0.29) is 0 Å². The quantitative estimate of drug-likeness (QED) is 0.597. The van der Waals surface area contributed by atoms with Crippen molar-refractivity contribution >= 4 is 0 Å². The second-order valence-electron chi connectivity index (χ2n) is 1.54. The normalized spacial score (nSPS) is 12.3. The van der Waals surface area contributed by atoms with E-state index in [1.165, 1.54) is 0 Å². The lowest BCUT2D eigenvalue weighted by molar-refractivity contribution is 0.530. The van der Waals surface area contributed by atoms with Crippen molar-refractivity contribution in [2.45, 2.75) is 0 Å². The van der Waals surface area contributed by atoms with E-state index in [4.69, 9.17) is 5.73 Å². The largest absolute Gasteiger partial charge is 0.394 e. The van der Waals surface area contributed by atoms with Crippen molar-refractivity contribution in [3.8, 4) is 0 Å². The Kier molecular flexibility index (Phi) is 2.73. The molecule has 0 saturated heterocycles. The van der Waals surface area contributed by atoms with Crippen molar-refractivity contribution in [2.24, 2.45) is 5.73 Å². The summed E-state index contributed by atoms with van der Waals surface area (Å²) >= 11 is 0. The number of nitrogens with two attached hydrogens (primary N) is 1. The fourth-order valence-electron chi connectivity index (χ4n) is 0.265. The molecule has 0 saturated carbocycles. The van der Waals surface area contributed by atoms with Crippen molar-refractivity contribution in [2.75, 3.05) is 0 Å². The molecule has 0 amide bonds. The second kappa shape index (κ2) is 3.10. The van der Waals surface area contributed by atoms with Crippen LogP contribution in [0.1, 0.15) is 0 Å². The molecule has 0 aromatic carbocycles. The second-order valence-corrected chi connectivity index (χ2v) is 1.54. The smallest absolute Gasteiger partial charge is 0.184 e. The van der Waals surface area contributed by atoms with Crippen molar-refractivity contribution in [1.29, 1.82) is 0 Å². The number of hydrogen-bond donors (Lipinski definition) is 1. The molecule has 0 rings (SSSR count). The zero-order valence-electron chi connectivity index (χ0n) is 5.13. The average molecular weight is 149 g/mol. The maximum absolute atomic E-state index is 12.1. The molecule has 0 radical (unpaired) electrons. The molecule has 0 aliphatic carbocycles. The molecular weight excluding hydrogens is 143 g/mol. The van der Waals surface area contributed by atoms with Crippen LogP contribution in [0.25, 0.3) is 0 Å². The lowest BCUT2D eigenvalue weighted by Crippen LogP contribution is -2.00. The fraction of sp³-hybridized carbons (Fsp3) is 0. The zero-order chi connectivity index (χ0) is 8.31. The number of allylic oxidation sites excluding steroid dienone is 3. The van der Waals surface area contributed by atoms with Gasteiger partial charge < -0.3 is 5.73 Å². The maximum atomic E-state index is 12.1. The van der Waals surface area contributed by atoms with Gasteiger partial charge in [0.1, 0.15) is 11.5 Å². The summed E-state index contributed by atoms with van der Waals surface area (Å²) in [5.74, 6) is -4.12. The van der Waals surface area contributed by atoms with Crippen LogP contribution in [0, 0.1) is 0 Å². The minimum atomic E-state index is -1.51.